The zero-order valence-electron chi connectivity index (χ0n) is 13.4. The van der Waals surface area contributed by atoms with E-state index in [2.05, 4.69) is 10.2 Å². The first-order chi connectivity index (χ1) is 11.4. The lowest BCUT2D eigenvalue weighted by molar-refractivity contribution is -0.390. The molecule has 0 spiro atoms. The number of benzene rings is 1. The number of hydrogen-bond acceptors (Lipinski definition) is 6. The van der Waals surface area contributed by atoms with Crippen molar-refractivity contribution in [3.05, 3.63) is 34.1 Å². The van der Waals surface area contributed by atoms with E-state index in [0.717, 1.165) is 31.6 Å². The van der Waals surface area contributed by atoms with Gasteiger partial charge in [-0.1, -0.05) is 6.07 Å². The summed E-state index contributed by atoms with van der Waals surface area (Å²) in [7, 11) is -4.10. The van der Waals surface area contributed by atoms with Gasteiger partial charge in [-0.2, -0.15) is 8.70 Å². The van der Waals surface area contributed by atoms with E-state index in [9.17, 15) is 22.9 Å². The third kappa shape index (κ3) is 3.93. The van der Waals surface area contributed by atoms with E-state index in [1.54, 1.807) is 0 Å². The molecule has 8 nitrogen and oxygen atoms in total. The first-order valence-electron chi connectivity index (χ1n) is 7.79. The van der Waals surface area contributed by atoms with Crippen LogP contribution in [-0.4, -0.2) is 67.9 Å². The molecule has 1 unspecified atom stereocenters. The number of rotatable bonds is 4. The van der Waals surface area contributed by atoms with Crippen molar-refractivity contribution in [3.63, 3.8) is 0 Å². The van der Waals surface area contributed by atoms with Crippen molar-refractivity contribution < 1.29 is 17.7 Å². The normalized spacial score (nSPS) is 22.5. The molecule has 0 amide bonds. The number of nitrogens with one attached hydrogen (secondary N) is 1. The molecule has 11 heteroatoms. The highest BCUT2D eigenvalue weighted by Gasteiger charge is 2.36. The van der Waals surface area contributed by atoms with E-state index in [-0.39, 0.29) is 25.5 Å². The quantitative estimate of drug-likeness (QED) is 0.600. The van der Waals surface area contributed by atoms with Gasteiger partial charge < -0.3 is 5.32 Å². The van der Waals surface area contributed by atoms with Crippen LogP contribution in [0.2, 0.25) is 0 Å². The Kier molecular flexibility index (Phi) is 6.33. The van der Waals surface area contributed by atoms with Crippen LogP contribution in [0.5, 0.6) is 0 Å². The third-order valence-corrected chi connectivity index (χ3v) is 6.50. The number of nitrogens with zero attached hydrogens (tertiary/aromatic N) is 3. The van der Waals surface area contributed by atoms with Gasteiger partial charge in [-0.15, -0.1) is 12.4 Å². The summed E-state index contributed by atoms with van der Waals surface area (Å²) in [4.78, 5) is 11.7. The molecule has 1 aromatic carbocycles. The van der Waals surface area contributed by atoms with E-state index >= 15 is 0 Å². The summed E-state index contributed by atoms with van der Waals surface area (Å²) in [6.45, 7) is 3.46. The summed E-state index contributed by atoms with van der Waals surface area (Å²) in [5, 5.41) is 14.3. The summed E-state index contributed by atoms with van der Waals surface area (Å²) in [5.41, 5.74) is -0.986. The van der Waals surface area contributed by atoms with Crippen molar-refractivity contribution in [3.8, 4) is 0 Å². The van der Waals surface area contributed by atoms with Crippen LogP contribution in [0.15, 0.2) is 23.1 Å². The summed E-state index contributed by atoms with van der Waals surface area (Å²) >= 11 is 0. The van der Waals surface area contributed by atoms with Crippen LogP contribution < -0.4 is 5.32 Å². The van der Waals surface area contributed by atoms with Gasteiger partial charge in [-0.05, 0) is 25.1 Å². The molecular weight excluding hydrogens is 375 g/mol. The lowest BCUT2D eigenvalue weighted by Gasteiger charge is -2.37. The molecule has 25 heavy (non-hydrogen) atoms. The minimum Gasteiger partial charge on any atom is -0.315 e. The molecule has 0 aliphatic carbocycles. The Labute approximate surface area is 151 Å². The molecule has 2 saturated heterocycles. The molecule has 0 bridgehead atoms. The Morgan fingerprint density at radius 2 is 1.92 bits per heavy atom. The highest BCUT2D eigenvalue weighted by molar-refractivity contribution is 7.89. The Morgan fingerprint density at radius 3 is 2.48 bits per heavy atom. The largest absolute Gasteiger partial charge is 0.324 e. The van der Waals surface area contributed by atoms with Crippen LogP contribution in [0.4, 0.5) is 10.1 Å². The number of nitro groups is 1. The zero-order chi connectivity index (χ0) is 17.3. The number of sulfonamides is 1. The second-order valence-electron chi connectivity index (χ2n) is 5.93. The summed E-state index contributed by atoms with van der Waals surface area (Å²) < 4.78 is 40.4. The molecule has 0 radical (unpaired) electrons. The van der Waals surface area contributed by atoms with Crippen LogP contribution in [0.25, 0.3) is 0 Å². The fourth-order valence-corrected chi connectivity index (χ4v) is 4.87. The van der Waals surface area contributed by atoms with E-state index in [1.165, 1.54) is 10.4 Å². The zero-order valence-corrected chi connectivity index (χ0v) is 15.1. The monoisotopic (exact) mass is 394 g/mol. The molecule has 0 saturated carbocycles. The lowest BCUT2D eigenvalue weighted by atomic mass is 10.2. The van der Waals surface area contributed by atoms with Crippen LogP contribution in [0.1, 0.15) is 6.42 Å². The van der Waals surface area contributed by atoms with Crippen molar-refractivity contribution in [2.45, 2.75) is 17.4 Å². The number of hydrogen-bond donors (Lipinski definition) is 1. The van der Waals surface area contributed by atoms with Gasteiger partial charge in [-0.3, -0.25) is 15.0 Å². The molecule has 1 aromatic rings. The Balaban J connectivity index is 0.00000225. The van der Waals surface area contributed by atoms with Gasteiger partial charge in [0.1, 0.15) is 0 Å². The molecule has 1 atom stereocenters. The van der Waals surface area contributed by atoms with Crippen molar-refractivity contribution >= 4 is 28.1 Å². The average Bonchev–Trinajstić information content (AvgIpc) is 3.09. The topological polar surface area (TPSA) is 95.8 Å². The van der Waals surface area contributed by atoms with E-state index in [4.69, 9.17) is 0 Å². The molecule has 0 aromatic heterocycles. The first kappa shape index (κ1) is 20.0. The van der Waals surface area contributed by atoms with Gasteiger partial charge in [0.05, 0.1) is 4.92 Å². The lowest BCUT2D eigenvalue weighted by Crippen LogP contribution is -2.52. The minimum absolute atomic E-state index is 0. The van der Waals surface area contributed by atoms with Crippen molar-refractivity contribution in [1.29, 1.82) is 0 Å². The smallest absolute Gasteiger partial charge is 0.315 e. The van der Waals surface area contributed by atoms with Gasteiger partial charge in [-0.25, -0.2) is 8.42 Å². The number of para-hydroxylation sites is 1. The fraction of sp³-hybridized carbons (Fsp3) is 0.571. The van der Waals surface area contributed by atoms with Crippen LogP contribution in [-0.2, 0) is 10.0 Å². The molecule has 2 fully saturated rings. The predicted octanol–water partition coefficient (Wildman–Crippen LogP) is 0.824. The maximum atomic E-state index is 13.7. The van der Waals surface area contributed by atoms with Gasteiger partial charge >= 0.3 is 5.69 Å². The van der Waals surface area contributed by atoms with Gasteiger partial charge in [0.25, 0.3) is 0 Å². The maximum Gasteiger partial charge on any atom is 0.324 e. The van der Waals surface area contributed by atoms with Crippen LogP contribution >= 0.6 is 12.4 Å². The molecule has 1 N–H and O–H groups in total. The average molecular weight is 395 g/mol. The van der Waals surface area contributed by atoms with Crippen LogP contribution in [0.3, 0.4) is 0 Å². The number of nitro benzene ring substituents is 1. The molecule has 2 aliphatic heterocycles. The SMILES string of the molecule is Cl.O=[N+]([O-])c1c(F)cccc1S(=O)(=O)N1CCN(C2CCNC2)CC1. The molecular formula is C14H20ClFN4O4S. The maximum absolute atomic E-state index is 13.7. The van der Waals surface area contributed by atoms with E-state index in [0.29, 0.717) is 19.1 Å². The molecule has 3 rings (SSSR count). The first-order valence-corrected chi connectivity index (χ1v) is 9.23. The Hall–Kier alpha value is -1.33. The predicted molar refractivity (Wildman–Crippen MR) is 91.9 cm³/mol. The van der Waals surface area contributed by atoms with Crippen molar-refractivity contribution in [1.82, 2.24) is 14.5 Å². The van der Waals surface area contributed by atoms with Gasteiger partial charge in [0, 0.05) is 38.8 Å². The highest BCUT2D eigenvalue weighted by Crippen LogP contribution is 2.29. The number of piperazine rings is 1. The second kappa shape index (κ2) is 7.92. The highest BCUT2D eigenvalue weighted by atomic mass is 35.5. The summed E-state index contributed by atoms with van der Waals surface area (Å²) in [5.74, 6) is -1.14. The summed E-state index contributed by atoms with van der Waals surface area (Å²) in [6.07, 6.45) is 1.03. The van der Waals surface area contributed by atoms with E-state index < -0.39 is 31.3 Å². The molecule has 2 aliphatic rings. The fourth-order valence-electron chi connectivity index (χ4n) is 3.28. The standard InChI is InChI=1S/C14H19FN4O4S.ClH/c15-12-2-1-3-13(14(12)19(20)21)24(22,23)18-8-6-17(7-9-18)11-4-5-16-10-11;/h1-3,11,16H,4-10H2;1H. The van der Waals surface area contributed by atoms with Crippen LogP contribution in [0, 0.1) is 15.9 Å². The summed E-state index contributed by atoms with van der Waals surface area (Å²) in [6, 6.07) is 3.56. The van der Waals surface area contributed by atoms with Gasteiger partial charge in [0.2, 0.25) is 15.8 Å². The number of halogens is 2. The molecule has 140 valence electrons. The van der Waals surface area contributed by atoms with Crippen molar-refractivity contribution in [2.24, 2.45) is 0 Å². The minimum atomic E-state index is -4.10. The third-order valence-electron chi connectivity index (χ3n) is 4.57. The van der Waals surface area contributed by atoms with E-state index in [1.807, 2.05) is 0 Å². The second-order valence-corrected chi connectivity index (χ2v) is 7.84. The van der Waals surface area contributed by atoms with Gasteiger partial charge in [0.15, 0.2) is 4.90 Å². The Morgan fingerprint density at radius 1 is 1.24 bits per heavy atom. The van der Waals surface area contributed by atoms with Crippen molar-refractivity contribution in [2.75, 3.05) is 39.3 Å². The molecule has 2 heterocycles. The Bertz CT molecular complexity index is 734.